The molecule has 1 N–H and O–H groups in total. The van der Waals surface area contributed by atoms with Crippen LogP contribution in [0.25, 0.3) is 11.5 Å². The van der Waals surface area contributed by atoms with Gasteiger partial charge >= 0.3 is 0 Å². The van der Waals surface area contributed by atoms with E-state index in [4.69, 9.17) is 4.42 Å². The van der Waals surface area contributed by atoms with Crippen LogP contribution in [0.4, 0.5) is 0 Å². The average molecular weight is 410 g/mol. The van der Waals surface area contributed by atoms with Crippen molar-refractivity contribution in [3.8, 4) is 11.5 Å². The summed E-state index contributed by atoms with van der Waals surface area (Å²) >= 11 is 1.27. The summed E-state index contributed by atoms with van der Waals surface area (Å²) in [5, 5.41) is 11.2. The number of carbonyl (C=O) groups excluding carboxylic acids is 1. The molecule has 0 fully saturated rings. The molecule has 152 valence electrons. The third kappa shape index (κ3) is 5.94. The van der Waals surface area contributed by atoms with Crippen LogP contribution < -0.4 is 5.32 Å². The normalized spacial score (nSPS) is 12.6. The van der Waals surface area contributed by atoms with Crippen molar-refractivity contribution in [2.45, 2.75) is 50.0 Å². The maximum absolute atomic E-state index is 12.3. The van der Waals surface area contributed by atoms with E-state index in [2.05, 4.69) is 60.6 Å². The third-order valence-corrected chi connectivity index (χ3v) is 5.54. The summed E-state index contributed by atoms with van der Waals surface area (Å²) < 4.78 is 5.75. The van der Waals surface area contributed by atoms with Crippen molar-refractivity contribution in [2.24, 2.45) is 0 Å². The zero-order valence-corrected chi connectivity index (χ0v) is 18.1. The van der Waals surface area contributed by atoms with Crippen molar-refractivity contribution in [3.05, 3.63) is 65.7 Å². The number of aromatic nitrogens is 2. The van der Waals surface area contributed by atoms with E-state index in [1.165, 1.54) is 22.9 Å². The zero-order valence-electron chi connectivity index (χ0n) is 17.3. The Kier molecular flexibility index (Phi) is 6.75. The molecular formula is C23H27N3O2S. The molecular weight excluding hydrogens is 382 g/mol. The number of rotatable bonds is 7. The van der Waals surface area contributed by atoms with Gasteiger partial charge in [0.15, 0.2) is 0 Å². The number of benzene rings is 2. The molecule has 0 aliphatic carbocycles. The lowest BCUT2D eigenvalue weighted by Gasteiger charge is -2.18. The van der Waals surface area contributed by atoms with Gasteiger partial charge in [0.1, 0.15) is 0 Å². The fourth-order valence-corrected chi connectivity index (χ4v) is 3.52. The van der Waals surface area contributed by atoms with Crippen LogP contribution in [-0.4, -0.2) is 27.9 Å². The number of amides is 1. The minimum Gasteiger partial charge on any atom is -0.411 e. The first-order valence-corrected chi connectivity index (χ1v) is 10.6. The molecule has 1 atom stereocenters. The molecule has 0 bridgehead atoms. The second-order valence-corrected chi connectivity index (χ2v) is 9.28. The van der Waals surface area contributed by atoms with E-state index in [-0.39, 0.29) is 16.6 Å². The van der Waals surface area contributed by atoms with E-state index in [0.29, 0.717) is 17.7 Å². The highest BCUT2D eigenvalue weighted by Gasteiger charge is 2.19. The Morgan fingerprint density at radius 2 is 1.76 bits per heavy atom. The van der Waals surface area contributed by atoms with Crippen molar-refractivity contribution in [3.63, 3.8) is 0 Å². The second-order valence-electron chi connectivity index (χ2n) is 7.99. The van der Waals surface area contributed by atoms with Crippen molar-refractivity contribution < 1.29 is 9.21 Å². The molecule has 0 saturated heterocycles. The van der Waals surface area contributed by atoms with Gasteiger partial charge in [0.2, 0.25) is 11.8 Å². The monoisotopic (exact) mass is 409 g/mol. The Bertz CT molecular complexity index is 931. The fourth-order valence-electron chi connectivity index (χ4n) is 2.81. The molecule has 1 amide bonds. The molecule has 1 heterocycles. The number of nitrogens with zero attached hydrogens (tertiary/aromatic N) is 2. The molecule has 0 radical (unpaired) electrons. The molecule has 0 saturated carbocycles. The standard InChI is InChI=1S/C23H27N3O2S/c1-16(20(27)24-15-14-17-8-6-5-7-9-17)29-22-26-25-21(28-22)18-10-12-19(13-11-18)23(2,3)4/h5-13,16H,14-15H2,1-4H3,(H,24,27)/t16-/m0/s1. The molecule has 1 aromatic heterocycles. The molecule has 0 aliphatic heterocycles. The summed E-state index contributed by atoms with van der Waals surface area (Å²) in [5.74, 6) is 0.421. The predicted molar refractivity (Wildman–Crippen MR) is 117 cm³/mol. The summed E-state index contributed by atoms with van der Waals surface area (Å²) in [6.45, 7) is 8.97. The second kappa shape index (κ2) is 9.27. The summed E-state index contributed by atoms with van der Waals surface area (Å²) in [7, 11) is 0. The van der Waals surface area contributed by atoms with E-state index in [1.54, 1.807) is 0 Å². The Morgan fingerprint density at radius 1 is 1.07 bits per heavy atom. The molecule has 5 nitrogen and oxygen atoms in total. The highest BCUT2D eigenvalue weighted by molar-refractivity contribution is 8.00. The average Bonchev–Trinajstić information content (AvgIpc) is 3.16. The Hall–Kier alpha value is -2.60. The van der Waals surface area contributed by atoms with Crippen LogP contribution in [0.15, 0.2) is 64.2 Å². The van der Waals surface area contributed by atoms with Crippen LogP contribution in [0.2, 0.25) is 0 Å². The van der Waals surface area contributed by atoms with E-state index in [9.17, 15) is 4.79 Å². The topological polar surface area (TPSA) is 68.0 Å². The smallest absolute Gasteiger partial charge is 0.277 e. The highest BCUT2D eigenvalue weighted by atomic mass is 32.2. The van der Waals surface area contributed by atoms with Crippen molar-refractivity contribution in [2.75, 3.05) is 6.54 Å². The quantitative estimate of drug-likeness (QED) is 0.564. The Balaban J connectivity index is 1.53. The van der Waals surface area contributed by atoms with Crippen molar-refractivity contribution in [1.82, 2.24) is 15.5 Å². The van der Waals surface area contributed by atoms with Crippen LogP contribution in [0.3, 0.4) is 0 Å². The van der Waals surface area contributed by atoms with Crippen LogP contribution in [0.5, 0.6) is 0 Å². The molecule has 29 heavy (non-hydrogen) atoms. The van der Waals surface area contributed by atoms with E-state index >= 15 is 0 Å². The molecule has 2 aromatic carbocycles. The van der Waals surface area contributed by atoms with Gasteiger partial charge in [0.05, 0.1) is 5.25 Å². The van der Waals surface area contributed by atoms with Gasteiger partial charge in [-0.15, -0.1) is 10.2 Å². The highest BCUT2D eigenvalue weighted by Crippen LogP contribution is 2.28. The van der Waals surface area contributed by atoms with Gasteiger partial charge in [0, 0.05) is 12.1 Å². The molecule has 3 rings (SSSR count). The predicted octanol–water partition coefficient (Wildman–Crippen LogP) is 4.87. The first-order chi connectivity index (χ1) is 13.8. The summed E-state index contributed by atoms with van der Waals surface area (Å²) in [5.41, 5.74) is 3.41. The van der Waals surface area contributed by atoms with Crippen LogP contribution in [0.1, 0.15) is 38.8 Å². The van der Waals surface area contributed by atoms with Crippen LogP contribution >= 0.6 is 11.8 Å². The maximum Gasteiger partial charge on any atom is 0.277 e. The largest absolute Gasteiger partial charge is 0.411 e. The van der Waals surface area contributed by atoms with Crippen molar-refractivity contribution >= 4 is 17.7 Å². The minimum absolute atomic E-state index is 0.0415. The molecule has 0 unspecified atom stereocenters. The maximum atomic E-state index is 12.3. The van der Waals surface area contributed by atoms with E-state index in [1.807, 2.05) is 37.3 Å². The number of carbonyl (C=O) groups is 1. The van der Waals surface area contributed by atoms with Crippen LogP contribution in [0, 0.1) is 0 Å². The van der Waals surface area contributed by atoms with Gasteiger partial charge < -0.3 is 9.73 Å². The summed E-state index contributed by atoms with van der Waals surface area (Å²) in [4.78, 5) is 12.3. The minimum atomic E-state index is -0.317. The van der Waals surface area contributed by atoms with Crippen molar-refractivity contribution in [1.29, 1.82) is 0 Å². The first-order valence-electron chi connectivity index (χ1n) is 9.75. The third-order valence-electron chi connectivity index (χ3n) is 4.61. The lowest BCUT2D eigenvalue weighted by atomic mass is 9.87. The molecule has 6 heteroatoms. The number of nitrogens with one attached hydrogen (secondary N) is 1. The van der Waals surface area contributed by atoms with Gasteiger partial charge in [-0.3, -0.25) is 4.79 Å². The van der Waals surface area contributed by atoms with Gasteiger partial charge in [-0.05, 0) is 42.0 Å². The Labute approximate surface area is 176 Å². The van der Waals surface area contributed by atoms with Gasteiger partial charge in [-0.1, -0.05) is 75.0 Å². The van der Waals surface area contributed by atoms with Gasteiger partial charge in [-0.25, -0.2) is 0 Å². The van der Waals surface area contributed by atoms with E-state index in [0.717, 1.165) is 12.0 Å². The number of hydrogen-bond donors (Lipinski definition) is 1. The number of hydrogen-bond acceptors (Lipinski definition) is 5. The zero-order chi connectivity index (χ0) is 20.9. The van der Waals surface area contributed by atoms with Gasteiger partial charge in [0.25, 0.3) is 5.22 Å². The fraction of sp³-hybridized carbons (Fsp3) is 0.348. The lowest BCUT2D eigenvalue weighted by molar-refractivity contribution is -0.120. The summed E-state index contributed by atoms with van der Waals surface area (Å²) in [6, 6.07) is 18.2. The SMILES string of the molecule is C[C@H](Sc1nnc(-c2ccc(C(C)(C)C)cc2)o1)C(=O)NCCc1ccccc1. The summed E-state index contributed by atoms with van der Waals surface area (Å²) in [6.07, 6.45) is 0.805. The van der Waals surface area contributed by atoms with Crippen LogP contribution in [-0.2, 0) is 16.6 Å². The first kappa shape index (κ1) is 21.1. The number of thioether (sulfide) groups is 1. The Morgan fingerprint density at radius 3 is 2.41 bits per heavy atom. The van der Waals surface area contributed by atoms with Gasteiger partial charge in [-0.2, -0.15) is 0 Å². The molecule has 0 aliphatic rings. The molecule has 0 spiro atoms. The molecule has 3 aromatic rings. The lowest BCUT2D eigenvalue weighted by Crippen LogP contribution is -2.32. The van der Waals surface area contributed by atoms with E-state index < -0.39 is 0 Å².